The fourth-order valence-electron chi connectivity index (χ4n) is 19.5. The highest BCUT2D eigenvalue weighted by Crippen LogP contribution is 2.52. The lowest BCUT2D eigenvalue weighted by atomic mass is 9.90. The van der Waals surface area contributed by atoms with Gasteiger partial charge in [-0.05, 0) is 67.9 Å². The van der Waals surface area contributed by atoms with Crippen LogP contribution in [0.5, 0.6) is 11.5 Å². The van der Waals surface area contributed by atoms with Crippen LogP contribution in [0.4, 0.5) is 11.4 Å². The molecule has 0 fully saturated rings. The molecule has 0 radical (unpaired) electrons. The third kappa shape index (κ3) is 37.6. The van der Waals surface area contributed by atoms with Crippen LogP contribution >= 0.6 is 15.9 Å². The number of para-hydroxylation sites is 1. The lowest BCUT2D eigenvalue weighted by Gasteiger charge is -2.21. The summed E-state index contributed by atoms with van der Waals surface area (Å²) in [5.41, 5.74) is 4.92. The largest absolute Gasteiger partial charge is 0.422 e. The van der Waals surface area contributed by atoms with Gasteiger partial charge in [0.15, 0.2) is 0 Å². The Labute approximate surface area is 715 Å². The fourth-order valence-corrected chi connectivity index (χ4v) is 19.8. The minimum atomic E-state index is -0.604. The number of hydrogen-bond donors (Lipinski definition) is 0. The highest BCUT2D eigenvalue weighted by Gasteiger charge is 2.45. The van der Waals surface area contributed by atoms with Crippen LogP contribution in [0.25, 0.3) is 22.3 Å². The summed E-state index contributed by atoms with van der Waals surface area (Å²) in [5.74, 6) is 0.166. The lowest BCUT2D eigenvalue weighted by Crippen LogP contribution is -2.28. The molecule has 9 heteroatoms. The molecule has 0 saturated heterocycles. The topological polar surface area (TPSA) is 93.2 Å². The van der Waals surface area contributed by atoms with Crippen LogP contribution in [0, 0.1) is 11.8 Å². The van der Waals surface area contributed by atoms with Crippen LogP contribution < -0.4 is 19.3 Å². The van der Waals surface area contributed by atoms with E-state index in [0.29, 0.717) is 52.8 Å². The van der Waals surface area contributed by atoms with E-state index in [1.165, 1.54) is 437 Å². The van der Waals surface area contributed by atoms with Crippen LogP contribution in [-0.2, 0) is 19.2 Å². The molecule has 0 unspecified atom stereocenters. The van der Waals surface area contributed by atoms with Gasteiger partial charge >= 0.3 is 11.9 Å². The third-order valence-corrected chi connectivity index (χ3v) is 27.2. The van der Waals surface area contributed by atoms with Crippen molar-refractivity contribution in [3.63, 3.8) is 0 Å². The maximum Gasteiger partial charge on any atom is 0.345 e. The molecule has 2 amide bonds. The molecule has 0 aliphatic carbocycles. The van der Waals surface area contributed by atoms with Crippen LogP contribution in [0.15, 0.2) is 59.1 Å². The molecule has 4 heterocycles. The minimum absolute atomic E-state index is 0.187. The summed E-state index contributed by atoms with van der Waals surface area (Å²) in [6, 6.07) is 17.2. The van der Waals surface area contributed by atoms with Crippen molar-refractivity contribution in [1.82, 2.24) is 0 Å². The van der Waals surface area contributed by atoms with E-state index in [1.54, 1.807) is 12.1 Å². The van der Waals surface area contributed by atoms with Gasteiger partial charge in [0.1, 0.15) is 11.5 Å². The number of rotatable bonds is 76. The molecular formula is C106H171BrN2O6. The average molecular weight is 1650 g/mol. The van der Waals surface area contributed by atoms with E-state index >= 15 is 9.59 Å². The van der Waals surface area contributed by atoms with Gasteiger partial charge in [-0.1, -0.05) is 505 Å². The molecular weight excluding hydrogens is 1480 g/mol. The summed E-state index contributed by atoms with van der Waals surface area (Å²) < 4.78 is 13.2. The summed E-state index contributed by atoms with van der Waals surface area (Å²) in [5, 5.41) is 0. The molecule has 0 bridgehead atoms. The van der Waals surface area contributed by atoms with Crippen molar-refractivity contribution in [1.29, 1.82) is 0 Å². The van der Waals surface area contributed by atoms with Crippen LogP contribution in [0.2, 0.25) is 0 Å². The molecule has 7 rings (SSSR count). The maximum atomic E-state index is 15.2. The van der Waals surface area contributed by atoms with Gasteiger partial charge < -0.3 is 19.3 Å². The van der Waals surface area contributed by atoms with E-state index in [4.69, 9.17) is 9.47 Å². The zero-order valence-electron chi connectivity index (χ0n) is 74.9. The second-order valence-electron chi connectivity index (χ2n) is 36.6. The molecule has 0 aromatic heterocycles. The van der Waals surface area contributed by atoms with Gasteiger partial charge in [-0.15, -0.1) is 0 Å². The third-order valence-electron chi connectivity index (χ3n) is 26.7. The second kappa shape index (κ2) is 62.6. The number of ether oxygens (including phenoxy) is 2. The number of halogens is 1. The Kier molecular flexibility index (Phi) is 53.1. The van der Waals surface area contributed by atoms with E-state index in [1.807, 2.05) is 52.3 Å². The van der Waals surface area contributed by atoms with Gasteiger partial charge in [0.2, 0.25) is 0 Å². The second-order valence-corrected chi connectivity index (χ2v) is 37.5. The highest BCUT2D eigenvalue weighted by atomic mass is 79.9. The Bertz CT molecular complexity index is 3110. The van der Waals surface area contributed by atoms with E-state index in [0.717, 1.165) is 47.1 Å². The summed E-state index contributed by atoms with van der Waals surface area (Å²) in [4.78, 5) is 63.1. The summed E-state index contributed by atoms with van der Waals surface area (Å²) in [7, 11) is 0. The van der Waals surface area contributed by atoms with Crippen molar-refractivity contribution in [3.05, 3.63) is 81.3 Å². The van der Waals surface area contributed by atoms with Gasteiger partial charge in [0, 0.05) is 39.8 Å². The molecule has 0 saturated carbocycles. The summed E-state index contributed by atoms with van der Waals surface area (Å²) in [6.07, 6.45) is 97.2. The first kappa shape index (κ1) is 97.6. The smallest absolute Gasteiger partial charge is 0.345 e. The monoisotopic (exact) mass is 1650 g/mol. The Hall–Kier alpha value is -4.50. The Balaban J connectivity index is 0.934. The first-order chi connectivity index (χ1) is 56.7. The molecule has 0 spiro atoms. The highest BCUT2D eigenvalue weighted by molar-refractivity contribution is 9.10. The van der Waals surface area contributed by atoms with E-state index in [2.05, 4.69) is 43.6 Å². The number of esters is 2. The molecule has 115 heavy (non-hydrogen) atoms. The molecule has 648 valence electrons. The number of benzene rings is 3. The number of hydrogen-bond acceptors (Lipinski definition) is 6. The Morgan fingerprint density at radius 3 is 0.765 bits per heavy atom. The number of carbonyl (C=O) groups excluding carboxylic acids is 4. The van der Waals surface area contributed by atoms with Gasteiger partial charge in [-0.25, -0.2) is 9.59 Å². The van der Waals surface area contributed by atoms with Gasteiger partial charge in [-0.3, -0.25) is 9.59 Å². The zero-order chi connectivity index (χ0) is 81.2. The van der Waals surface area contributed by atoms with Gasteiger partial charge in [0.25, 0.3) is 11.8 Å². The Morgan fingerprint density at radius 2 is 0.487 bits per heavy atom. The Morgan fingerprint density at radius 1 is 0.252 bits per heavy atom. The molecule has 4 aliphatic heterocycles. The van der Waals surface area contributed by atoms with Crippen molar-refractivity contribution in [2.75, 3.05) is 22.9 Å². The molecule has 3 aromatic rings. The molecule has 8 nitrogen and oxygen atoms in total. The number of carbonyl (C=O) groups is 4. The number of nitrogens with zero attached hydrogens (tertiary/aromatic N) is 2. The lowest BCUT2D eigenvalue weighted by molar-refractivity contribution is -0.127. The first-order valence-electron chi connectivity index (χ1n) is 50.3. The quantitative estimate of drug-likeness (QED) is 0.0242. The zero-order valence-corrected chi connectivity index (χ0v) is 76.5. The fraction of sp³-hybridized carbons (Fsp3) is 0.755. The van der Waals surface area contributed by atoms with Crippen LogP contribution in [0.1, 0.15) is 512 Å². The number of anilines is 2. The predicted molar refractivity (Wildman–Crippen MR) is 499 cm³/mol. The van der Waals surface area contributed by atoms with Crippen molar-refractivity contribution in [3.8, 4) is 11.5 Å². The van der Waals surface area contributed by atoms with Gasteiger partial charge in [-0.2, -0.15) is 0 Å². The van der Waals surface area contributed by atoms with Crippen molar-refractivity contribution >= 4 is 73.4 Å². The number of amides is 2. The first-order valence-corrected chi connectivity index (χ1v) is 51.1. The normalized spacial score (nSPS) is 15.1. The molecule has 3 aromatic carbocycles. The average Bonchev–Trinajstić information content (AvgIpc) is 1.57. The van der Waals surface area contributed by atoms with Crippen molar-refractivity contribution in [2.45, 2.75) is 490 Å². The SMILES string of the molecule is CCCCCCCCCCCCCCCCCCC(CCCCCCCCCCCCCCCCCC)CCCN1C(=O)C(=C2C(=O)Oc3cc4c(cc32)OC(=O)C4=C2C(=O)N(CCCC(CCCCCCCCCCCCCCCCCC)CCCCCCCCCCCCCCCCCC)c3cc(Br)ccc32)c2ccccc21. The molecule has 4 aliphatic rings. The standard InChI is InChI=1S/C106H171BrN2O6/c1-5-9-13-17-21-25-29-33-37-41-45-49-53-57-61-65-73-88(74-66-62-58-54-50-46-42-38-34-30-26-22-18-14-10-6-2)77-71-83-108-95-80-70-69-79-91(95)99(103(108)110)101-93-86-98-94(87-97(93)114-105(101)112)102(106(113)115-98)100-92-82-81-90(107)85-96(92)109(104(100)111)84-72-78-89(75-67-63-59-55-51-47-43-39-35-31-27-23-19-15-11-7-3)76-68-64-60-56-52-48-44-40-36-32-28-24-20-16-12-8-4/h69-70,79-82,85-89H,5-68,71-78,83-84H2,1-4H3. The van der Waals surface area contributed by atoms with Crippen molar-refractivity contribution < 1.29 is 28.7 Å². The van der Waals surface area contributed by atoms with E-state index in [-0.39, 0.29) is 34.5 Å². The number of fused-ring (bicyclic) bond motifs is 4. The molecule has 0 atom stereocenters. The maximum absolute atomic E-state index is 15.2. The summed E-state index contributed by atoms with van der Waals surface area (Å²) >= 11 is 3.74. The summed E-state index contributed by atoms with van der Waals surface area (Å²) in [6.45, 7) is 10.3. The minimum Gasteiger partial charge on any atom is -0.422 e. The number of unbranched alkanes of at least 4 members (excludes halogenated alkanes) is 60. The molecule has 0 N–H and O–H groups in total. The van der Waals surface area contributed by atoms with Gasteiger partial charge in [0.05, 0.1) is 33.7 Å². The van der Waals surface area contributed by atoms with E-state index in [9.17, 15) is 9.59 Å². The van der Waals surface area contributed by atoms with Crippen molar-refractivity contribution in [2.24, 2.45) is 11.8 Å². The predicted octanol–water partition coefficient (Wildman–Crippen LogP) is 34.2. The van der Waals surface area contributed by atoms with E-state index < -0.39 is 11.9 Å². The van der Waals surface area contributed by atoms with Crippen LogP contribution in [0.3, 0.4) is 0 Å². The van der Waals surface area contributed by atoms with Crippen LogP contribution in [-0.4, -0.2) is 36.8 Å².